The van der Waals surface area contributed by atoms with Gasteiger partial charge in [-0.3, -0.25) is 14.6 Å². The maximum atomic E-state index is 12.8. The number of hydrogen-bond donors (Lipinski definition) is 0. The van der Waals surface area contributed by atoms with Gasteiger partial charge < -0.3 is 14.5 Å². The van der Waals surface area contributed by atoms with Gasteiger partial charge in [-0.1, -0.05) is 37.6 Å². The number of carbonyl (C=O) groups is 2. The molecular formula is C25H26ClN3O3. The molecule has 3 aromatic rings. The normalized spacial score (nSPS) is 14.1. The molecule has 1 saturated heterocycles. The Morgan fingerprint density at radius 3 is 2.38 bits per heavy atom. The van der Waals surface area contributed by atoms with Gasteiger partial charge in [0.15, 0.2) is 6.61 Å². The molecule has 0 atom stereocenters. The summed E-state index contributed by atoms with van der Waals surface area (Å²) >= 11 is 6.22. The van der Waals surface area contributed by atoms with Crippen molar-refractivity contribution in [3.63, 3.8) is 0 Å². The van der Waals surface area contributed by atoms with Crippen LogP contribution in [0.3, 0.4) is 0 Å². The summed E-state index contributed by atoms with van der Waals surface area (Å²) in [6.07, 6.45) is 1.67. The summed E-state index contributed by atoms with van der Waals surface area (Å²) in [6, 6.07) is 14.9. The third kappa shape index (κ3) is 4.70. The van der Waals surface area contributed by atoms with Gasteiger partial charge in [0, 0.05) is 43.3 Å². The fourth-order valence-electron chi connectivity index (χ4n) is 3.81. The summed E-state index contributed by atoms with van der Waals surface area (Å²) < 4.78 is 5.77. The Bertz CT molecular complexity index is 1120. The smallest absolute Gasteiger partial charge is 0.260 e. The first-order valence-corrected chi connectivity index (χ1v) is 11.1. The Morgan fingerprint density at radius 2 is 1.69 bits per heavy atom. The zero-order valence-electron chi connectivity index (χ0n) is 18.3. The van der Waals surface area contributed by atoms with Crippen LogP contribution in [-0.2, 0) is 4.79 Å². The van der Waals surface area contributed by atoms with Crippen molar-refractivity contribution in [2.24, 2.45) is 0 Å². The Morgan fingerprint density at radius 1 is 1.00 bits per heavy atom. The van der Waals surface area contributed by atoms with Crippen LogP contribution in [0.2, 0.25) is 5.02 Å². The van der Waals surface area contributed by atoms with Crippen molar-refractivity contribution >= 4 is 34.3 Å². The molecule has 1 aliphatic heterocycles. The van der Waals surface area contributed by atoms with Crippen molar-refractivity contribution in [2.75, 3.05) is 32.8 Å². The molecule has 166 valence electrons. The van der Waals surface area contributed by atoms with Crippen LogP contribution in [0.5, 0.6) is 5.75 Å². The fourth-order valence-corrected chi connectivity index (χ4v) is 4.03. The Hall–Kier alpha value is -3.12. The molecule has 0 saturated carbocycles. The highest BCUT2D eigenvalue weighted by Gasteiger charge is 2.25. The first-order valence-electron chi connectivity index (χ1n) is 10.8. The van der Waals surface area contributed by atoms with Gasteiger partial charge in [-0.2, -0.15) is 0 Å². The van der Waals surface area contributed by atoms with Crippen LogP contribution in [0.15, 0.2) is 54.7 Å². The van der Waals surface area contributed by atoms with Gasteiger partial charge in [-0.15, -0.1) is 0 Å². The number of amides is 2. The van der Waals surface area contributed by atoms with E-state index in [0.29, 0.717) is 53.9 Å². The zero-order valence-corrected chi connectivity index (χ0v) is 19.0. The molecule has 2 heterocycles. The molecule has 2 aromatic carbocycles. The maximum absolute atomic E-state index is 12.8. The molecule has 0 spiro atoms. The lowest BCUT2D eigenvalue weighted by atomic mass is 10.0. The van der Waals surface area contributed by atoms with Crippen LogP contribution >= 0.6 is 11.6 Å². The summed E-state index contributed by atoms with van der Waals surface area (Å²) in [5.74, 6) is 0.842. The van der Waals surface area contributed by atoms with E-state index in [-0.39, 0.29) is 18.4 Å². The van der Waals surface area contributed by atoms with E-state index in [1.165, 1.54) is 5.56 Å². The molecule has 6 nitrogen and oxygen atoms in total. The van der Waals surface area contributed by atoms with E-state index in [1.807, 2.05) is 36.4 Å². The van der Waals surface area contributed by atoms with E-state index in [9.17, 15) is 9.59 Å². The molecular weight excluding hydrogens is 426 g/mol. The maximum Gasteiger partial charge on any atom is 0.260 e. The van der Waals surface area contributed by atoms with Gasteiger partial charge in [0.2, 0.25) is 0 Å². The Labute approximate surface area is 192 Å². The number of piperazine rings is 1. The van der Waals surface area contributed by atoms with Crippen LogP contribution in [-0.4, -0.2) is 59.4 Å². The number of ether oxygens (including phenoxy) is 1. The molecule has 4 rings (SSSR count). The second-order valence-electron chi connectivity index (χ2n) is 8.18. The summed E-state index contributed by atoms with van der Waals surface area (Å²) in [4.78, 5) is 33.3. The monoisotopic (exact) mass is 451 g/mol. The van der Waals surface area contributed by atoms with Crippen molar-refractivity contribution in [3.8, 4) is 5.75 Å². The average Bonchev–Trinajstić information content (AvgIpc) is 2.83. The number of hydrogen-bond acceptors (Lipinski definition) is 4. The third-order valence-electron chi connectivity index (χ3n) is 5.77. The van der Waals surface area contributed by atoms with E-state index < -0.39 is 0 Å². The molecule has 1 fully saturated rings. The molecule has 2 amide bonds. The Kier molecular flexibility index (Phi) is 6.61. The van der Waals surface area contributed by atoms with Gasteiger partial charge in [-0.25, -0.2) is 0 Å². The molecule has 0 radical (unpaired) electrons. The molecule has 1 aliphatic rings. The van der Waals surface area contributed by atoms with E-state index in [1.54, 1.807) is 28.1 Å². The molecule has 7 heteroatoms. The largest absolute Gasteiger partial charge is 0.481 e. The number of aromatic nitrogens is 1. The molecule has 1 aromatic heterocycles. The number of halogens is 1. The summed E-state index contributed by atoms with van der Waals surface area (Å²) in [5, 5.41) is 1.37. The average molecular weight is 452 g/mol. The molecule has 0 N–H and O–H groups in total. The van der Waals surface area contributed by atoms with E-state index in [4.69, 9.17) is 16.3 Å². The van der Waals surface area contributed by atoms with Crippen LogP contribution in [0.1, 0.15) is 35.7 Å². The minimum absolute atomic E-state index is 0.00219. The van der Waals surface area contributed by atoms with E-state index in [0.717, 1.165) is 5.39 Å². The number of pyridine rings is 1. The fraction of sp³-hybridized carbons (Fsp3) is 0.320. The number of carbonyl (C=O) groups excluding carboxylic acids is 2. The molecule has 0 unspecified atom stereocenters. The predicted octanol–water partition coefficient (Wildman–Crippen LogP) is 4.38. The zero-order chi connectivity index (χ0) is 22.7. The lowest BCUT2D eigenvalue weighted by Gasteiger charge is -2.34. The van der Waals surface area contributed by atoms with Crippen LogP contribution in [0, 0.1) is 0 Å². The summed E-state index contributed by atoms with van der Waals surface area (Å²) in [5.41, 5.74) is 2.52. The predicted molar refractivity (Wildman–Crippen MR) is 125 cm³/mol. The molecule has 32 heavy (non-hydrogen) atoms. The second-order valence-corrected chi connectivity index (χ2v) is 8.59. The minimum atomic E-state index is -0.114. The number of rotatable bonds is 5. The number of fused-ring (bicyclic) bond motifs is 1. The number of nitrogens with zero attached hydrogens (tertiary/aromatic N) is 3. The van der Waals surface area contributed by atoms with Gasteiger partial charge >= 0.3 is 0 Å². The standard InChI is InChI=1S/C25H26ClN3O3/c1-17(2)18-5-7-19(8-6-18)25(31)29-14-12-28(13-15-29)23(30)16-32-22-10-9-21(26)20-4-3-11-27-24(20)22/h3-11,17H,12-16H2,1-2H3. The van der Waals surface area contributed by atoms with Gasteiger partial charge in [-0.05, 0) is 47.9 Å². The van der Waals surface area contributed by atoms with Crippen LogP contribution in [0.25, 0.3) is 10.9 Å². The molecule has 0 aliphatic carbocycles. The first-order chi connectivity index (χ1) is 15.4. The van der Waals surface area contributed by atoms with Crippen molar-refractivity contribution in [3.05, 3.63) is 70.9 Å². The highest BCUT2D eigenvalue weighted by molar-refractivity contribution is 6.35. The first kappa shape index (κ1) is 22.1. The van der Waals surface area contributed by atoms with Crippen molar-refractivity contribution in [1.29, 1.82) is 0 Å². The van der Waals surface area contributed by atoms with E-state index >= 15 is 0 Å². The van der Waals surface area contributed by atoms with Gasteiger partial charge in [0.25, 0.3) is 11.8 Å². The lowest BCUT2D eigenvalue weighted by Crippen LogP contribution is -2.51. The summed E-state index contributed by atoms with van der Waals surface area (Å²) in [6.45, 7) is 6.14. The minimum Gasteiger partial charge on any atom is -0.481 e. The third-order valence-corrected chi connectivity index (χ3v) is 6.10. The topological polar surface area (TPSA) is 62.7 Å². The lowest BCUT2D eigenvalue weighted by molar-refractivity contribution is -0.134. The van der Waals surface area contributed by atoms with Gasteiger partial charge in [0.1, 0.15) is 11.3 Å². The Balaban J connectivity index is 1.32. The van der Waals surface area contributed by atoms with Crippen molar-refractivity contribution in [2.45, 2.75) is 19.8 Å². The van der Waals surface area contributed by atoms with Crippen LogP contribution < -0.4 is 4.74 Å². The quantitative estimate of drug-likeness (QED) is 0.577. The highest BCUT2D eigenvalue weighted by atomic mass is 35.5. The molecule has 0 bridgehead atoms. The van der Waals surface area contributed by atoms with Crippen LogP contribution in [0.4, 0.5) is 0 Å². The van der Waals surface area contributed by atoms with Crippen molar-refractivity contribution in [1.82, 2.24) is 14.8 Å². The second kappa shape index (κ2) is 9.57. The SMILES string of the molecule is CC(C)c1ccc(C(=O)N2CCN(C(=O)COc3ccc(Cl)c4cccnc34)CC2)cc1. The number of benzene rings is 2. The van der Waals surface area contributed by atoms with Gasteiger partial charge in [0.05, 0.1) is 5.02 Å². The highest BCUT2D eigenvalue weighted by Crippen LogP contribution is 2.29. The van der Waals surface area contributed by atoms with E-state index in [2.05, 4.69) is 18.8 Å². The van der Waals surface area contributed by atoms with Crippen molar-refractivity contribution < 1.29 is 14.3 Å². The summed E-state index contributed by atoms with van der Waals surface area (Å²) in [7, 11) is 0.